The van der Waals surface area contributed by atoms with E-state index in [1.165, 1.54) is 16.7 Å². The quantitative estimate of drug-likeness (QED) is 0.218. The molecule has 0 bridgehead atoms. The first-order valence-electron chi connectivity index (χ1n) is 14.7. The molecular weight excluding hydrogens is 687 g/mol. The lowest BCUT2D eigenvalue weighted by atomic mass is 9.92. The van der Waals surface area contributed by atoms with E-state index in [1.54, 1.807) is 42.0 Å². The van der Waals surface area contributed by atoms with E-state index >= 15 is 0 Å². The molecular formula is C33H39IN6O3S. The van der Waals surface area contributed by atoms with Crippen LogP contribution >= 0.6 is 30.3 Å². The van der Waals surface area contributed by atoms with E-state index in [1.807, 2.05) is 35.3 Å². The summed E-state index contributed by atoms with van der Waals surface area (Å²) in [4.78, 5) is 38.9. The molecule has 5 rings (SSSR count). The van der Waals surface area contributed by atoms with Crippen LogP contribution < -0.4 is 5.32 Å². The summed E-state index contributed by atoms with van der Waals surface area (Å²) in [7, 11) is 5.06. The number of benzene rings is 2. The topological polar surface area (TPSA) is 104 Å². The van der Waals surface area contributed by atoms with Crippen LogP contribution in [-0.2, 0) is 17.8 Å². The highest BCUT2D eigenvalue weighted by atomic mass is 127. The Kier molecular flexibility index (Phi) is 9.69. The predicted molar refractivity (Wildman–Crippen MR) is 186 cm³/mol. The zero-order valence-electron chi connectivity index (χ0n) is 26.1. The summed E-state index contributed by atoms with van der Waals surface area (Å²) in [5.74, 6) is -0.0651. The Labute approximate surface area is 275 Å². The zero-order chi connectivity index (χ0) is 31.8. The van der Waals surface area contributed by atoms with Crippen molar-refractivity contribution >= 4 is 53.3 Å². The molecule has 0 aliphatic carbocycles. The Morgan fingerprint density at radius 3 is 2.57 bits per heavy atom. The second-order valence-electron chi connectivity index (χ2n) is 12.4. The van der Waals surface area contributed by atoms with E-state index in [0.29, 0.717) is 18.5 Å². The Morgan fingerprint density at radius 2 is 1.89 bits per heavy atom. The summed E-state index contributed by atoms with van der Waals surface area (Å²) in [6, 6.07) is 10.3. The van der Waals surface area contributed by atoms with Crippen LogP contribution in [0, 0.1) is 13.8 Å². The van der Waals surface area contributed by atoms with Crippen molar-refractivity contribution in [3.8, 4) is 22.4 Å². The number of halogens is 1. The van der Waals surface area contributed by atoms with Gasteiger partial charge in [-0.25, -0.2) is 9.97 Å². The summed E-state index contributed by atoms with van der Waals surface area (Å²) in [5, 5.41) is 12.7. The number of hydrogen-bond acceptors (Lipinski definition) is 7. The molecule has 1 aliphatic heterocycles. The minimum absolute atomic E-state index is 0.0169. The average Bonchev–Trinajstić information content (AvgIpc) is 3.36. The lowest BCUT2D eigenvalue weighted by Crippen LogP contribution is -2.40. The molecule has 3 heterocycles. The summed E-state index contributed by atoms with van der Waals surface area (Å²) in [5.41, 5.74) is 9.91. The SMILES string of the molecule is Cc1cc(-c2cn(SI)c3ncc(-c4cc(C)c5c(c4)CN(CCC(=O)NCC(C)(C)O)CC5)nc23)ccc1C(=O)N(C)C. The smallest absolute Gasteiger partial charge is 0.253 e. The van der Waals surface area contributed by atoms with Crippen molar-refractivity contribution in [3.05, 3.63) is 70.5 Å². The molecule has 2 N–H and O–H groups in total. The highest BCUT2D eigenvalue weighted by Gasteiger charge is 2.22. The number of aromatic nitrogens is 3. The number of amides is 2. The first-order valence-corrected chi connectivity index (χ1v) is 18.0. The van der Waals surface area contributed by atoms with Gasteiger partial charge in [0.2, 0.25) is 5.91 Å². The van der Waals surface area contributed by atoms with E-state index in [0.717, 1.165) is 58.6 Å². The van der Waals surface area contributed by atoms with Gasteiger partial charge < -0.3 is 15.3 Å². The summed E-state index contributed by atoms with van der Waals surface area (Å²) in [6.45, 7) is 10.1. The molecule has 232 valence electrons. The molecule has 4 aromatic rings. The lowest BCUT2D eigenvalue weighted by molar-refractivity contribution is -0.122. The molecule has 0 radical (unpaired) electrons. The first kappa shape index (κ1) is 32.4. The highest BCUT2D eigenvalue weighted by Crippen LogP contribution is 2.36. The largest absolute Gasteiger partial charge is 0.389 e. The highest BCUT2D eigenvalue weighted by molar-refractivity contribution is 14.2. The van der Waals surface area contributed by atoms with Crippen molar-refractivity contribution in [2.45, 2.75) is 52.7 Å². The van der Waals surface area contributed by atoms with Crippen LogP contribution in [0.25, 0.3) is 33.5 Å². The molecule has 44 heavy (non-hydrogen) atoms. The van der Waals surface area contributed by atoms with Gasteiger partial charge in [0.15, 0.2) is 5.65 Å². The van der Waals surface area contributed by atoms with Gasteiger partial charge in [0.05, 0.1) is 17.5 Å². The van der Waals surface area contributed by atoms with Gasteiger partial charge in [-0.3, -0.25) is 18.5 Å². The van der Waals surface area contributed by atoms with Crippen LogP contribution in [-0.4, -0.2) is 80.0 Å². The summed E-state index contributed by atoms with van der Waals surface area (Å²) in [6.07, 6.45) is 5.23. The van der Waals surface area contributed by atoms with Gasteiger partial charge in [0.25, 0.3) is 5.91 Å². The second kappa shape index (κ2) is 13.2. The Morgan fingerprint density at radius 1 is 1.14 bits per heavy atom. The van der Waals surface area contributed by atoms with Crippen LogP contribution in [0.1, 0.15) is 52.9 Å². The lowest BCUT2D eigenvalue weighted by Gasteiger charge is -2.30. The van der Waals surface area contributed by atoms with Gasteiger partial charge in [-0.15, -0.1) is 0 Å². The first-order chi connectivity index (χ1) is 20.8. The van der Waals surface area contributed by atoms with E-state index in [9.17, 15) is 14.7 Å². The number of nitrogens with one attached hydrogen (secondary N) is 1. The van der Waals surface area contributed by atoms with Crippen molar-refractivity contribution in [1.82, 2.24) is 29.1 Å². The third kappa shape index (κ3) is 7.11. The van der Waals surface area contributed by atoms with E-state index < -0.39 is 5.60 Å². The maximum atomic E-state index is 12.6. The van der Waals surface area contributed by atoms with Crippen molar-refractivity contribution < 1.29 is 14.7 Å². The van der Waals surface area contributed by atoms with Crippen molar-refractivity contribution in [3.63, 3.8) is 0 Å². The van der Waals surface area contributed by atoms with Crippen molar-refractivity contribution in [2.75, 3.05) is 33.7 Å². The molecule has 11 heteroatoms. The van der Waals surface area contributed by atoms with E-state index in [2.05, 4.69) is 56.7 Å². The molecule has 2 aromatic carbocycles. The number of fused-ring (bicyclic) bond motifs is 2. The van der Waals surface area contributed by atoms with Gasteiger partial charge in [-0.05, 0) is 80.1 Å². The van der Waals surface area contributed by atoms with Gasteiger partial charge in [-0.1, -0.05) is 12.1 Å². The van der Waals surface area contributed by atoms with Crippen LogP contribution in [0.5, 0.6) is 0 Å². The van der Waals surface area contributed by atoms with Crippen LogP contribution in [0.15, 0.2) is 42.7 Å². The number of carbonyl (C=O) groups is 2. The van der Waals surface area contributed by atoms with Crippen LogP contribution in [0.3, 0.4) is 0 Å². The van der Waals surface area contributed by atoms with E-state index in [4.69, 9.17) is 9.97 Å². The second-order valence-corrected chi connectivity index (χ2v) is 14.1. The average molecular weight is 727 g/mol. The molecule has 2 amide bonds. The molecule has 0 spiro atoms. The Balaban J connectivity index is 1.43. The third-order valence-corrected chi connectivity index (χ3v) is 9.72. The van der Waals surface area contributed by atoms with Gasteiger partial charge >= 0.3 is 0 Å². The number of hydrogen-bond donors (Lipinski definition) is 2. The van der Waals surface area contributed by atoms with Crippen molar-refractivity contribution in [2.24, 2.45) is 0 Å². The summed E-state index contributed by atoms with van der Waals surface area (Å²) < 4.78 is 2.02. The molecule has 0 fully saturated rings. The predicted octanol–water partition coefficient (Wildman–Crippen LogP) is 5.57. The van der Waals surface area contributed by atoms with Crippen LogP contribution in [0.2, 0.25) is 0 Å². The number of rotatable bonds is 9. The zero-order valence-corrected chi connectivity index (χ0v) is 29.0. The van der Waals surface area contributed by atoms with Gasteiger partial charge in [0, 0.05) is 99.9 Å². The number of carbonyl (C=O) groups excluding carboxylic acids is 2. The minimum Gasteiger partial charge on any atom is -0.389 e. The standard InChI is InChI=1S/C33H39IN6O3S/c1-20-14-23(15-24-17-39(11-9-25(20)24)12-10-29(41)36-19-33(3,4)43)28-16-35-31-30(37-28)27(18-40(31)44-34)22-7-8-26(21(2)13-22)32(42)38(5)6/h7-8,13-16,18,43H,9-12,17,19H2,1-6H3,(H,36,41). The van der Waals surface area contributed by atoms with Gasteiger partial charge in [-0.2, -0.15) is 0 Å². The molecule has 0 unspecified atom stereocenters. The molecule has 0 saturated carbocycles. The fraction of sp³-hybridized carbons (Fsp3) is 0.394. The number of aliphatic hydroxyl groups is 1. The fourth-order valence-corrected chi connectivity index (χ4v) is 6.90. The van der Waals surface area contributed by atoms with E-state index in [-0.39, 0.29) is 18.4 Å². The molecule has 9 nitrogen and oxygen atoms in total. The Bertz CT molecular complexity index is 1730. The molecule has 0 saturated heterocycles. The summed E-state index contributed by atoms with van der Waals surface area (Å²) >= 11 is 2.25. The monoisotopic (exact) mass is 726 g/mol. The molecule has 0 atom stereocenters. The van der Waals surface area contributed by atoms with Crippen molar-refractivity contribution in [1.29, 1.82) is 0 Å². The van der Waals surface area contributed by atoms with Gasteiger partial charge in [0.1, 0.15) is 5.52 Å². The molecule has 2 aromatic heterocycles. The maximum absolute atomic E-state index is 12.6. The number of aryl methyl sites for hydroxylation is 2. The normalized spacial score (nSPS) is 13.6. The Hall–Kier alpha value is -3.00. The fourth-order valence-electron chi connectivity index (χ4n) is 5.66. The maximum Gasteiger partial charge on any atom is 0.253 e. The minimum atomic E-state index is -0.923. The van der Waals surface area contributed by atoms with Crippen LogP contribution in [0.4, 0.5) is 0 Å². The molecule has 1 aliphatic rings. The number of nitrogens with zero attached hydrogens (tertiary/aromatic N) is 5. The third-order valence-electron chi connectivity index (χ3n) is 8.02.